The first-order valence-corrected chi connectivity index (χ1v) is 8.80. The maximum atomic E-state index is 12.4. The molecular formula is C19H21BrN2O. The summed E-state index contributed by atoms with van der Waals surface area (Å²) in [4.78, 5) is 14.6. The second-order valence-electron chi connectivity index (χ2n) is 5.99. The topological polar surface area (TPSA) is 32.3 Å². The van der Waals surface area contributed by atoms with Crippen LogP contribution in [0.4, 0.5) is 5.69 Å². The highest BCUT2D eigenvalue weighted by Crippen LogP contribution is 2.26. The van der Waals surface area contributed by atoms with Gasteiger partial charge in [0.25, 0.3) is 0 Å². The zero-order chi connectivity index (χ0) is 16.2. The highest BCUT2D eigenvalue weighted by atomic mass is 79.9. The molecular weight excluding hydrogens is 352 g/mol. The largest absolute Gasteiger partial charge is 0.362 e. The third-order valence-electron chi connectivity index (χ3n) is 4.29. The highest BCUT2D eigenvalue weighted by Gasteiger charge is 2.19. The molecule has 1 atom stereocenters. The summed E-state index contributed by atoms with van der Waals surface area (Å²) in [5, 5.41) is 3.10. The van der Waals surface area contributed by atoms with Gasteiger partial charge in [-0.3, -0.25) is 4.79 Å². The van der Waals surface area contributed by atoms with E-state index < -0.39 is 0 Å². The summed E-state index contributed by atoms with van der Waals surface area (Å²) < 4.78 is 1.05. The smallest absolute Gasteiger partial charge is 0.239 e. The number of anilines is 1. The number of para-hydroxylation sites is 1. The maximum Gasteiger partial charge on any atom is 0.239 e. The minimum absolute atomic E-state index is 0.00985. The summed E-state index contributed by atoms with van der Waals surface area (Å²) in [5.74, 6) is 0.0668. The van der Waals surface area contributed by atoms with Crippen LogP contribution in [0.15, 0.2) is 53.0 Å². The van der Waals surface area contributed by atoms with E-state index in [1.165, 1.54) is 11.3 Å². The minimum Gasteiger partial charge on any atom is -0.362 e. The number of hydrogen-bond acceptors (Lipinski definition) is 2. The molecule has 1 N–H and O–H groups in total. The number of hydrogen-bond donors (Lipinski definition) is 1. The number of carbonyl (C=O) groups is 1. The predicted molar refractivity (Wildman–Crippen MR) is 97.7 cm³/mol. The molecule has 2 aromatic rings. The molecule has 0 saturated heterocycles. The van der Waals surface area contributed by atoms with Gasteiger partial charge in [-0.2, -0.15) is 0 Å². The van der Waals surface area contributed by atoms with Gasteiger partial charge in [0.1, 0.15) is 0 Å². The Bertz CT molecular complexity index is 684. The summed E-state index contributed by atoms with van der Waals surface area (Å²) >= 11 is 3.43. The number of fused-ring (bicyclic) bond motifs is 1. The Morgan fingerprint density at radius 1 is 1.22 bits per heavy atom. The van der Waals surface area contributed by atoms with Crippen molar-refractivity contribution in [1.29, 1.82) is 0 Å². The van der Waals surface area contributed by atoms with Crippen molar-refractivity contribution in [2.24, 2.45) is 0 Å². The average Bonchev–Trinajstić information content (AvgIpc) is 2.55. The van der Waals surface area contributed by atoms with E-state index >= 15 is 0 Å². The van der Waals surface area contributed by atoms with Crippen LogP contribution in [0.25, 0.3) is 0 Å². The quantitative estimate of drug-likeness (QED) is 0.876. The van der Waals surface area contributed by atoms with Crippen molar-refractivity contribution < 1.29 is 4.79 Å². The average molecular weight is 373 g/mol. The molecule has 0 radical (unpaired) electrons. The molecule has 0 fully saturated rings. The minimum atomic E-state index is 0.00985. The fourth-order valence-electron chi connectivity index (χ4n) is 3.07. The van der Waals surface area contributed by atoms with Crippen LogP contribution in [0.5, 0.6) is 0 Å². The lowest BCUT2D eigenvalue weighted by atomic mass is 10.0. The first kappa shape index (κ1) is 16.1. The van der Waals surface area contributed by atoms with Gasteiger partial charge in [-0.25, -0.2) is 0 Å². The number of carbonyl (C=O) groups excluding carboxylic acids is 1. The number of nitrogens with zero attached hydrogens (tertiary/aromatic N) is 1. The lowest BCUT2D eigenvalue weighted by Gasteiger charge is -2.31. The Kier molecular flexibility index (Phi) is 5.01. The first-order chi connectivity index (χ1) is 11.1. The zero-order valence-electron chi connectivity index (χ0n) is 13.3. The van der Waals surface area contributed by atoms with E-state index in [1.54, 1.807) is 0 Å². The summed E-state index contributed by atoms with van der Waals surface area (Å²) in [6, 6.07) is 16.4. The number of benzene rings is 2. The monoisotopic (exact) mass is 372 g/mol. The zero-order valence-corrected chi connectivity index (χ0v) is 14.8. The number of rotatable bonds is 4. The van der Waals surface area contributed by atoms with Gasteiger partial charge in [-0.05, 0) is 49.1 Å². The number of amides is 1. The molecule has 0 bridgehead atoms. The molecule has 23 heavy (non-hydrogen) atoms. The van der Waals surface area contributed by atoms with Crippen molar-refractivity contribution in [3.63, 3.8) is 0 Å². The fraction of sp³-hybridized carbons (Fsp3) is 0.316. The SMILES string of the molecule is CC(NC(=O)CN1CCCc2ccccc21)c1ccc(Br)cc1. The van der Waals surface area contributed by atoms with Crippen molar-refractivity contribution >= 4 is 27.5 Å². The van der Waals surface area contributed by atoms with Crippen LogP contribution in [0.1, 0.15) is 30.5 Å². The van der Waals surface area contributed by atoms with Crippen LogP contribution in [0.2, 0.25) is 0 Å². The Morgan fingerprint density at radius 3 is 2.74 bits per heavy atom. The predicted octanol–water partition coefficient (Wildman–Crippen LogP) is 4.08. The number of halogens is 1. The van der Waals surface area contributed by atoms with E-state index in [0.29, 0.717) is 6.54 Å². The van der Waals surface area contributed by atoms with E-state index in [-0.39, 0.29) is 11.9 Å². The van der Waals surface area contributed by atoms with Crippen molar-refractivity contribution in [3.8, 4) is 0 Å². The van der Waals surface area contributed by atoms with Gasteiger partial charge in [0.2, 0.25) is 5.91 Å². The molecule has 1 aliphatic heterocycles. The van der Waals surface area contributed by atoms with Crippen LogP contribution >= 0.6 is 15.9 Å². The molecule has 1 aliphatic rings. The molecule has 3 rings (SSSR count). The molecule has 1 amide bonds. The first-order valence-electron chi connectivity index (χ1n) is 8.01. The molecule has 1 unspecified atom stereocenters. The van der Waals surface area contributed by atoms with Gasteiger partial charge < -0.3 is 10.2 Å². The molecule has 0 aliphatic carbocycles. The lowest BCUT2D eigenvalue weighted by molar-refractivity contribution is -0.120. The van der Waals surface area contributed by atoms with Crippen LogP contribution in [0, 0.1) is 0 Å². The Morgan fingerprint density at radius 2 is 1.96 bits per heavy atom. The standard InChI is InChI=1S/C19H21BrN2O/c1-14(15-8-10-17(20)11-9-15)21-19(23)13-22-12-4-6-16-5-2-3-7-18(16)22/h2-3,5,7-11,14H,4,6,12-13H2,1H3,(H,21,23). The van der Waals surface area contributed by atoms with Gasteiger partial charge >= 0.3 is 0 Å². The van der Waals surface area contributed by atoms with Crippen molar-refractivity contribution in [1.82, 2.24) is 5.32 Å². The van der Waals surface area contributed by atoms with Crippen LogP contribution < -0.4 is 10.2 Å². The molecule has 4 heteroatoms. The Hall–Kier alpha value is -1.81. The van der Waals surface area contributed by atoms with Gasteiger partial charge in [-0.15, -0.1) is 0 Å². The maximum absolute atomic E-state index is 12.4. The number of aryl methyl sites for hydroxylation is 1. The summed E-state index contributed by atoms with van der Waals surface area (Å²) in [6.07, 6.45) is 2.20. The second kappa shape index (κ2) is 7.18. The molecule has 3 nitrogen and oxygen atoms in total. The molecule has 0 aromatic heterocycles. The van der Waals surface area contributed by atoms with Gasteiger partial charge in [0, 0.05) is 16.7 Å². The van der Waals surface area contributed by atoms with Gasteiger partial charge in [-0.1, -0.05) is 46.3 Å². The van der Waals surface area contributed by atoms with Crippen molar-refractivity contribution in [2.45, 2.75) is 25.8 Å². The lowest BCUT2D eigenvalue weighted by Crippen LogP contribution is -2.40. The third-order valence-corrected chi connectivity index (χ3v) is 4.82. The molecule has 2 aromatic carbocycles. The Balaban J connectivity index is 1.63. The molecule has 120 valence electrons. The Labute approximate surface area is 145 Å². The second-order valence-corrected chi connectivity index (χ2v) is 6.91. The summed E-state index contributed by atoms with van der Waals surface area (Å²) in [5.41, 5.74) is 3.65. The van der Waals surface area contributed by atoms with E-state index in [4.69, 9.17) is 0 Å². The van der Waals surface area contributed by atoms with Gasteiger partial charge in [0.15, 0.2) is 0 Å². The van der Waals surface area contributed by atoms with Crippen LogP contribution in [-0.4, -0.2) is 19.0 Å². The van der Waals surface area contributed by atoms with Crippen molar-refractivity contribution in [3.05, 3.63) is 64.1 Å². The molecule has 0 spiro atoms. The molecule has 0 saturated carbocycles. The fourth-order valence-corrected chi connectivity index (χ4v) is 3.34. The van der Waals surface area contributed by atoms with Gasteiger partial charge in [0.05, 0.1) is 12.6 Å². The summed E-state index contributed by atoms with van der Waals surface area (Å²) in [7, 11) is 0. The van der Waals surface area contributed by atoms with E-state index in [9.17, 15) is 4.79 Å². The normalized spacial score (nSPS) is 15.0. The highest BCUT2D eigenvalue weighted by molar-refractivity contribution is 9.10. The summed E-state index contributed by atoms with van der Waals surface area (Å²) in [6.45, 7) is 3.38. The van der Waals surface area contributed by atoms with Crippen molar-refractivity contribution in [2.75, 3.05) is 18.0 Å². The van der Waals surface area contributed by atoms with E-state index in [0.717, 1.165) is 29.4 Å². The van der Waals surface area contributed by atoms with E-state index in [2.05, 4.69) is 44.3 Å². The third kappa shape index (κ3) is 3.94. The van der Waals surface area contributed by atoms with E-state index in [1.807, 2.05) is 37.3 Å². The van der Waals surface area contributed by atoms with Crippen LogP contribution in [0.3, 0.4) is 0 Å². The number of nitrogens with one attached hydrogen (secondary N) is 1. The molecule has 1 heterocycles. The van der Waals surface area contributed by atoms with Crippen LogP contribution in [-0.2, 0) is 11.2 Å².